The molecule has 2 aromatic rings. The molecule has 1 amide bonds. The molecule has 0 aliphatic carbocycles. The maximum atomic E-state index is 13.2. The van der Waals surface area contributed by atoms with Gasteiger partial charge in [-0.05, 0) is 37.3 Å². The molecular formula is C22H29N3O8S2. The van der Waals surface area contributed by atoms with Crippen LogP contribution in [0.2, 0.25) is 0 Å². The molecule has 1 saturated heterocycles. The van der Waals surface area contributed by atoms with E-state index in [0.29, 0.717) is 12.4 Å². The molecule has 1 aliphatic rings. The van der Waals surface area contributed by atoms with Gasteiger partial charge in [0.15, 0.2) is 0 Å². The van der Waals surface area contributed by atoms with E-state index in [2.05, 4.69) is 5.32 Å². The van der Waals surface area contributed by atoms with Crippen LogP contribution < -0.4 is 19.1 Å². The van der Waals surface area contributed by atoms with Crippen molar-refractivity contribution in [3.63, 3.8) is 0 Å². The third kappa shape index (κ3) is 6.42. The van der Waals surface area contributed by atoms with Gasteiger partial charge in [-0.2, -0.15) is 4.31 Å². The van der Waals surface area contributed by atoms with Crippen molar-refractivity contribution in [1.82, 2.24) is 4.31 Å². The summed E-state index contributed by atoms with van der Waals surface area (Å²) in [6.07, 6.45) is 0.989. The summed E-state index contributed by atoms with van der Waals surface area (Å²) >= 11 is 0. The van der Waals surface area contributed by atoms with E-state index in [0.717, 1.165) is 10.6 Å². The summed E-state index contributed by atoms with van der Waals surface area (Å²) in [5.74, 6) is -0.226. The molecule has 3 rings (SSSR count). The van der Waals surface area contributed by atoms with E-state index in [1.54, 1.807) is 31.2 Å². The number of hydrogen-bond donors (Lipinski definition) is 1. The molecule has 0 unspecified atom stereocenters. The monoisotopic (exact) mass is 527 g/mol. The number of benzene rings is 2. The minimum absolute atomic E-state index is 0.110. The first-order chi connectivity index (χ1) is 16.6. The molecule has 0 atom stereocenters. The van der Waals surface area contributed by atoms with Crippen LogP contribution >= 0.6 is 0 Å². The smallest absolute Gasteiger partial charge is 0.246 e. The molecule has 0 bridgehead atoms. The number of rotatable bonds is 10. The molecule has 0 saturated carbocycles. The average molecular weight is 528 g/mol. The second kappa shape index (κ2) is 11.2. The number of ether oxygens (including phenoxy) is 3. The van der Waals surface area contributed by atoms with Crippen molar-refractivity contribution in [2.24, 2.45) is 0 Å². The highest BCUT2D eigenvalue weighted by molar-refractivity contribution is 7.92. The largest absolute Gasteiger partial charge is 0.495 e. The molecule has 11 nitrogen and oxygen atoms in total. The number of amides is 1. The minimum atomic E-state index is -3.91. The van der Waals surface area contributed by atoms with E-state index < -0.39 is 32.5 Å². The Kier molecular flexibility index (Phi) is 8.59. The summed E-state index contributed by atoms with van der Waals surface area (Å²) in [5, 5.41) is 2.58. The molecule has 1 fully saturated rings. The fraction of sp³-hybridized carbons (Fsp3) is 0.409. The summed E-state index contributed by atoms with van der Waals surface area (Å²) in [7, 11) is -6.40. The van der Waals surface area contributed by atoms with Gasteiger partial charge in [-0.3, -0.25) is 9.10 Å². The first-order valence-corrected chi connectivity index (χ1v) is 14.1. The zero-order chi connectivity index (χ0) is 25.6. The fourth-order valence-corrected chi connectivity index (χ4v) is 5.98. The second-order valence-corrected chi connectivity index (χ2v) is 11.4. The molecule has 1 N–H and O–H groups in total. The van der Waals surface area contributed by atoms with Crippen LogP contribution in [0.3, 0.4) is 0 Å². The molecule has 0 radical (unpaired) electrons. The van der Waals surface area contributed by atoms with Gasteiger partial charge in [0.1, 0.15) is 22.9 Å². The maximum Gasteiger partial charge on any atom is 0.246 e. The Labute approximate surface area is 205 Å². The number of carbonyl (C=O) groups excluding carboxylic acids is 1. The van der Waals surface area contributed by atoms with E-state index in [4.69, 9.17) is 14.2 Å². The van der Waals surface area contributed by atoms with Gasteiger partial charge in [0.25, 0.3) is 0 Å². The number of nitrogens with one attached hydrogen (secondary N) is 1. The van der Waals surface area contributed by atoms with Crippen LogP contribution in [0.25, 0.3) is 0 Å². The maximum absolute atomic E-state index is 13.2. The number of para-hydroxylation sites is 2. The molecule has 1 aliphatic heterocycles. The third-order valence-electron chi connectivity index (χ3n) is 5.16. The first kappa shape index (κ1) is 26.7. The quantitative estimate of drug-likeness (QED) is 0.492. The van der Waals surface area contributed by atoms with E-state index in [1.807, 2.05) is 0 Å². The topological polar surface area (TPSA) is 132 Å². The third-order valence-corrected chi connectivity index (χ3v) is 8.20. The predicted molar refractivity (Wildman–Crippen MR) is 131 cm³/mol. The van der Waals surface area contributed by atoms with Crippen molar-refractivity contribution in [3.8, 4) is 11.5 Å². The Balaban J connectivity index is 1.87. The molecule has 192 valence electrons. The van der Waals surface area contributed by atoms with E-state index >= 15 is 0 Å². The Bertz CT molecular complexity index is 1260. The Morgan fingerprint density at radius 1 is 1.09 bits per heavy atom. The van der Waals surface area contributed by atoms with Crippen molar-refractivity contribution >= 4 is 37.3 Å². The Hall–Kier alpha value is -2.87. The highest BCUT2D eigenvalue weighted by atomic mass is 32.2. The van der Waals surface area contributed by atoms with Crippen LogP contribution in [0.1, 0.15) is 6.92 Å². The number of sulfonamides is 2. The summed E-state index contributed by atoms with van der Waals surface area (Å²) in [6.45, 7) is 2.49. The minimum Gasteiger partial charge on any atom is -0.495 e. The van der Waals surface area contributed by atoms with Crippen molar-refractivity contribution in [2.75, 3.05) is 62.4 Å². The SMILES string of the molecule is CCOc1ccccc1N(CC(=O)Nc1ccc(OC)c(S(=O)(=O)N2CCOCC2)c1)S(C)(=O)=O. The lowest BCUT2D eigenvalue weighted by Crippen LogP contribution is -2.40. The lowest BCUT2D eigenvalue weighted by molar-refractivity contribution is -0.114. The van der Waals surface area contributed by atoms with Crippen molar-refractivity contribution in [1.29, 1.82) is 0 Å². The zero-order valence-corrected chi connectivity index (χ0v) is 21.4. The van der Waals surface area contributed by atoms with E-state index in [9.17, 15) is 21.6 Å². The lowest BCUT2D eigenvalue weighted by atomic mass is 10.3. The molecule has 13 heteroatoms. The van der Waals surface area contributed by atoms with Crippen LogP contribution in [0.4, 0.5) is 11.4 Å². The predicted octanol–water partition coefficient (Wildman–Crippen LogP) is 1.52. The van der Waals surface area contributed by atoms with Crippen LogP contribution in [0.5, 0.6) is 11.5 Å². The zero-order valence-electron chi connectivity index (χ0n) is 19.8. The summed E-state index contributed by atoms with van der Waals surface area (Å²) in [6, 6.07) is 10.7. The molecule has 0 spiro atoms. The number of methoxy groups -OCH3 is 1. The molecule has 1 heterocycles. The number of morpholine rings is 1. The van der Waals surface area contributed by atoms with Crippen LogP contribution in [0.15, 0.2) is 47.4 Å². The van der Waals surface area contributed by atoms with Crippen molar-refractivity contribution in [3.05, 3.63) is 42.5 Å². The standard InChI is InChI=1S/C22H29N3O8S2/c1-4-33-19-8-6-5-7-18(19)25(34(3,27)28)16-22(26)23-17-9-10-20(31-2)21(15-17)35(29,30)24-11-13-32-14-12-24/h5-10,15H,4,11-14,16H2,1-3H3,(H,23,26). The van der Waals surface area contributed by atoms with Crippen molar-refractivity contribution < 1.29 is 35.8 Å². The van der Waals surface area contributed by atoms with Gasteiger partial charge in [0, 0.05) is 18.8 Å². The Morgan fingerprint density at radius 3 is 2.40 bits per heavy atom. The lowest BCUT2D eigenvalue weighted by Gasteiger charge is -2.27. The number of nitrogens with zero attached hydrogens (tertiary/aromatic N) is 2. The van der Waals surface area contributed by atoms with Crippen LogP contribution in [-0.2, 0) is 29.6 Å². The van der Waals surface area contributed by atoms with Crippen LogP contribution in [-0.4, -0.2) is 79.9 Å². The fourth-order valence-electron chi connectivity index (χ4n) is 3.53. The van der Waals surface area contributed by atoms with Crippen molar-refractivity contribution in [2.45, 2.75) is 11.8 Å². The van der Waals surface area contributed by atoms with Gasteiger partial charge in [0.2, 0.25) is 26.0 Å². The molecular weight excluding hydrogens is 498 g/mol. The Morgan fingerprint density at radius 2 is 1.77 bits per heavy atom. The van der Waals surface area contributed by atoms with E-state index in [1.165, 1.54) is 29.6 Å². The van der Waals surface area contributed by atoms with Gasteiger partial charge in [-0.25, -0.2) is 16.8 Å². The summed E-state index contributed by atoms with van der Waals surface area (Å²) in [4.78, 5) is 12.8. The number of hydrogen-bond acceptors (Lipinski definition) is 8. The van der Waals surface area contributed by atoms with E-state index in [-0.39, 0.29) is 48.3 Å². The first-order valence-electron chi connectivity index (χ1n) is 10.8. The normalized spacial score (nSPS) is 14.8. The van der Waals surface area contributed by atoms with Gasteiger partial charge in [-0.15, -0.1) is 0 Å². The molecule has 2 aromatic carbocycles. The van der Waals surface area contributed by atoms with Gasteiger partial charge < -0.3 is 19.5 Å². The molecule has 0 aromatic heterocycles. The van der Waals surface area contributed by atoms with Gasteiger partial charge in [-0.1, -0.05) is 12.1 Å². The number of anilines is 2. The van der Waals surface area contributed by atoms with Crippen LogP contribution in [0, 0.1) is 0 Å². The molecule has 35 heavy (non-hydrogen) atoms. The highest BCUT2D eigenvalue weighted by Gasteiger charge is 2.30. The van der Waals surface area contributed by atoms with Gasteiger partial charge >= 0.3 is 0 Å². The summed E-state index contributed by atoms with van der Waals surface area (Å²) < 4.78 is 69.6. The van der Waals surface area contributed by atoms with Gasteiger partial charge in [0.05, 0.1) is 38.9 Å². The average Bonchev–Trinajstić information content (AvgIpc) is 2.83. The summed E-state index contributed by atoms with van der Waals surface area (Å²) in [5.41, 5.74) is 0.395. The number of carbonyl (C=O) groups is 1. The second-order valence-electron chi connectivity index (χ2n) is 7.60. The highest BCUT2D eigenvalue weighted by Crippen LogP contribution is 2.31.